The molecule has 0 aliphatic rings. The predicted molar refractivity (Wildman–Crippen MR) is 125 cm³/mol. The molecule has 31 heavy (non-hydrogen) atoms. The van der Waals surface area contributed by atoms with Crippen molar-refractivity contribution in [1.29, 1.82) is 0 Å². The first-order chi connectivity index (χ1) is 14.9. The summed E-state index contributed by atoms with van der Waals surface area (Å²) in [5.74, 6) is -1.29. The van der Waals surface area contributed by atoms with E-state index >= 15 is 0 Å². The summed E-state index contributed by atoms with van der Waals surface area (Å²) in [6.45, 7) is 7.87. The molecule has 0 unspecified atom stereocenters. The Bertz CT molecular complexity index is 444. The average Bonchev–Trinajstić information content (AvgIpc) is 2.69. The minimum absolute atomic E-state index is 0.230. The van der Waals surface area contributed by atoms with Gasteiger partial charge in [-0.3, -0.25) is 0 Å². The quantitative estimate of drug-likeness (QED) is 0.122. The third-order valence-electron chi connectivity index (χ3n) is 5.01. The van der Waals surface area contributed by atoms with Crippen LogP contribution < -0.4 is 0 Å². The van der Waals surface area contributed by atoms with Crippen molar-refractivity contribution in [3.8, 4) is 0 Å². The fourth-order valence-corrected chi connectivity index (χ4v) is 10.4. The summed E-state index contributed by atoms with van der Waals surface area (Å²) in [5, 5.41) is 0. The Labute approximate surface area is 195 Å². The van der Waals surface area contributed by atoms with Gasteiger partial charge in [-0.15, -0.1) is 0 Å². The van der Waals surface area contributed by atoms with Gasteiger partial charge in [0.2, 0.25) is 0 Å². The van der Waals surface area contributed by atoms with Crippen molar-refractivity contribution in [1.82, 2.24) is 0 Å². The van der Waals surface area contributed by atoms with E-state index in [4.69, 9.17) is 9.22 Å². The van der Waals surface area contributed by atoms with Crippen LogP contribution in [0.4, 0.5) is 0 Å². The fourth-order valence-electron chi connectivity index (χ4n) is 3.33. The van der Waals surface area contributed by atoms with Crippen LogP contribution in [-0.4, -0.2) is 37.5 Å². The molecule has 0 amide bonds. The maximum absolute atomic E-state index is 12.3. The number of hydrogen-bond acceptors (Lipinski definition) is 6. The molecule has 0 N–H and O–H groups in total. The number of carbonyl (C=O) groups is 3. The predicted octanol–water partition coefficient (Wildman–Crippen LogP) is 6.88. The van der Waals surface area contributed by atoms with Gasteiger partial charge in [0.25, 0.3) is 0 Å². The van der Waals surface area contributed by atoms with E-state index in [9.17, 15) is 14.4 Å². The summed E-state index contributed by atoms with van der Waals surface area (Å²) < 4.78 is 17.4. The van der Waals surface area contributed by atoms with E-state index in [0.717, 1.165) is 19.3 Å². The van der Waals surface area contributed by atoms with E-state index in [2.05, 4.69) is 6.92 Å². The third kappa shape index (κ3) is 16.5. The molecule has 0 rings (SSSR count). The molecule has 0 aliphatic heterocycles. The molecule has 0 aromatic rings. The van der Waals surface area contributed by atoms with Gasteiger partial charge in [-0.1, -0.05) is 0 Å². The zero-order valence-electron chi connectivity index (χ0n) is 20.5. The fraction of sp³-hybridized carbons (Fsp3) is 0.875. The van der Waals surface area contributed by atoms with Crippen LogP contribution in [0.1, 0.15) is 130 Å². The van der Waals surface area contributed by atoms with Crippen molar-refractivity contribution in [3.63, 3.8) is 0 Å². The maximum atomic E-state index is 12.3. The Morgan fingerprint density at radius 2 is 0.806 bits per heavy atom. The Morgan fingerprint density at radius 1 is 0.484 bits per heavy atom. The zero-order valence-corrected chi connectivity index (χ0v) is 23.3. The molecule has 0 bridgehead atoms. The Morgan fingerprint density at radius 3 is 1.13 bits per heavy atom. The van der Waals surface area contributed by atoms with Crippen LogP contribution in [-0.2, 0) is 23.6 Å². The molecule has 0 radical (unpaired) electrons. The number of rotatable bonds is 20. The van der Waals surface area contributed by atoms with Gasteiger partial charge in [-0.2, -0.15) is 0 Å². The summed E-state index contributed by atoms with van der Waals surface area (Å²) in [7, 11) is 0. The van der Waals surface area contributed by atoms with Gasteiger partial charge in [0.15, 0.2) is 0 Å². The summed E-state index contributed by atoms with van der Waals surface area (Å²) in [6.07, 6.45) is 14.3. The van der Waals surface area contributed by atoms with Crippen LogP contribution in [0.2, 0.25) is 4.44 Å². The van der Waals surface area contributed by atoms with Gasteiger partial charge >= 0.3 is 196 Å². The first-order valence-electron chi connectivity index (χ1n) is 12.6. The van der Waals surface area contributed by atoms with Crippen molar-refractivity contribution in [2.75, 3.05) is 0 Å². The van der Waals surface area contributed by atoms with Crippen LogP contribution in [0.5, 0.6) is 0 Å². The van der Waals surface area contributed by atoms with E-state index in [1.807, 2.05) is 20.8 Å². The van der Waals surface area contributed by atoms with Gasteiger partial charge in [-0.25, -0.2) is 0 Å². The molecule has 0 aliphatic carbocycles. The van der Waals surface area contributed by atoms with E-state index in [-0.39, 0.29) is 19.3 Å². The summed E-state index contributed by atoms with van der Waals surface area (Å²) >= 11 is -4.65. The SMILES string of the molecule is CCCCCCCCCCC[CH2][Sn]([O]C(=O)CCC)([O]C(=O)CCC)[O]C(=O)CCC. The van der Waals surface area contributed by atoms with Crippen molar-refractivity contribution < 1.29 is 23.6 Å². The molecule has 6 nitrogen and oxygen atoms in total. The van der Waals surface area contributed by atoms with Gasteiger partial charge < -0.3 is 0 Å². The average molecular weight is 549 g/mol. The van der Waals surface area contributed by atoms with Gasteiger partial charge in [0, 0.05) is 0 Å². The van der Waals surface area contributed by atoms with E-state index in [1.54, 1.807) is 0 Å². The van der Waals surface area contributed by atoms with E-state index in [1.165, 1.54) is 44.9 Å². The topological polar surface area (TPSA) is 78.9 Å². The first-order valence-corrected chi connectivity index (χ1v) is 18.1. The van der Waals surface area contributed by atoms with E-state index < -0.39 is 37.5 Å². The number of carbonyl (C=O) groups excluding carboxylic acids is 3. The molecule has 0 fully saturated rings. The van der Waals surface area contributed by atoms with Crippen LogP contribution in [0, 0.1) is 0 Å². The van der Waals surface area contributed by atoms with Crippen molar-refractivity contribution >= 4 is 37.5 Å². The standard InChI is InChI=1S/C12H25.3C4H8O2.Sn/c1-3-5-7-9-11-12-10-8-6-4-2;3*1-2-3-4(5)6;/h1,3-12H2,2H3;3*2-3H2,1H3,(H,5,6);/q;;;;+3/p-3. The molecule has 0 saturated carbocycles. The van der Waals surface area contributed by atoms with Crippen LogP contribution in [0.25, 0.3) is 0 Å². The molecule has 0 atom stereocenters. The molecule has 0 aromatic carbocycles. The second kappa shape index (κ2) is 19.9. The Hall–Kier alpha value is -0.791. The minimum atomic E-state index is -4.65. The molecule has 0 heterocycles. The third-order valence-corrected chi connectivity index (χ3v) is 12.4. The van der Waals surface area contributed by atoms with Crippen molar-refractivity contribution in [3.05, 3.63) is 0 Å². The van der Waals surface area contributed by atoms with Gasteiger partial charge in [0.1, 0.15) is 0 Å². The number of hydrogen-bond donors (Lipinski definition) is 0. The molecular weight excluding hydrogens is 503 g/mol. The van der Waals surface area contributed by atoms with Crippen LogP contribution in [0.3, 0.4) is 0 Å². The molecule has 182 valence electrons. The van der Waals surface area contributed by atoms with Gasteiger partial charge in [0.05, 0.1) is 0 Å². The normalized spacial score (nSPS) is 11.2. The molecule has 0 aromatic heterocycles. The molecule has 0 spiro atoms. The summed E-state index contributed by atoms with van der Waals surface area (Å²) in [4.78, 5) is 36.8. The molecule has 7 heteroatoms. The van der Waals surface area contributed by atoms with Crippen LogP contribution >= 0.6 is 0 Å². The summed E-state index contributed by atoms with van der Waals surface area (Å²) in [5.41, 5.74) is 0. The van der Waals surface area contributed by atoms with Crippen molar-refractivity contribution in [2.24, 2.45) is 0 Å². The molecule has 0 saturated heterocycles. The zero-order chi connectivity index (χ0) is 23.4. The molecular formula is C24H46O6Sn. The number of unbranched alkanes of at least 4 members (excludes halogenated alkanes) is 9. The van der Waals surface area contributed by atoms with Crippen LogP contribution in [0.15, 0.2) is 0 Å². The second-order valence-corrected chi connectivity index (χ2v) is 15.4. The first kappa shape index (κ1) is 30.2. The van der Waals surface area contributed by atoms with Crippen molar-refractivity contribution in [2.45, 2.75) is 135 Å². The summed E-state index contributed by atoms with van der Waals surface area (Å²) in [6, 6.07) is 0. The van der Waals surface area contributed by atoms with Gasteiger partial charge in [-0.05, 0) is 0 Å². The Balaban J connectivity index is 4.85. The van der Waals surface area contributed by atoms with E-state index in [0.29, 0.717) is 23.7 Å². The second-order valence-electron chi connectivity index (χ2n) is 8.29. The monoisotopic (exact) mass is 550 g/mol. The Kier molecular flexibility index (Phi) is 19.4.